The first-order valence-electron chi connectivity index (χ1n) is 11.1. The van der Waals surface area contributed by atoms with Gasteiger partial charge in [-0.2, -0.15) is 13.2 Å². The van der Waals surface area contributed by atoms with Crippen LogP contribution in [0.3, 0.4) is 0 Å². The van der Waals surface area contributed by atoms with Crippen molar-refractivity contribution >= 4 is 6.03 Å². The molecule has 0 radical (unpaired) electrons. The summed E-state index contributed by atoms with van der Waals surface area (Å²) in [5.74, 6) is -0.313. The molecule has 8 nitrogen and oxygen atoms in total. The van der Waals surface area contributed by atoms with E-state index in [2.05, 4.69) is 20.4 Å². The number of benzene rings is 1. The van der Waals surface area contributed by atoms with Crippen LogP contribution in [0.2, 0.25) is 0 Å². The van der Waals surface area contributed by atoms with Crippen LogP contribution in [0, 0.1) is 11.7 Å². The summed E-state index contributed by atoms with van der Waals surface area (Å²) in [5, 5.41) is 11.2. The van der Waals surface area contributed by atoms with Crippen molar-refractivity contribution in [2.75, 3.05) is 32.7 Å². The first kappa shape index (κ1) is 22.1. The van der Waals surface area contributed by atoms with Crippen LogP contribution in [0.25, 0.3) is 0 Å². The number of aromatic nitrogens is 4. The van der Waals surface area contributed by atoms with Crippen LogP contribution in [0.15, 0.2) is 24.5 Å². The molecule has 0 unspecified atom stereocenters. The van der Waals surface area contributed by atoms with Crippen molar-refractivity contribution in [1.82, 2.24) is 34.9 Å². The predicted molar refractivity (Wildman–Crippen MR) is 108 cm³/mol. The molecule has 0 N–H and O–H groups in total. The summed E-state index contributed by atoms with van der Waals surface area (Å²) < 4.78 is 54.7. The third-order valence-corrected chi connectivity index (χ3v) is 6.77. The molecular weight excluding hydrogens is 442 g/mol. The number of carbonyl (C=O) groups is 1. The molecular formula is C21H25F4N7O. The van der Waals surface area contributed by atoms with Crippen molar-refractivity contribution in [2.24, 2.45) is 5.92 Å². The maximum atomic E-state index is 14.4. The van der Waals surface area contributed by atoms with E-state index in [1.165, 1.54) is 6.07 Å². The van der Waals surface area contributed by atoms with Gasteiger partial charge in [-0.05, 0) is 47.7 Å². The second kappa shape index (κ2) is 8.54. The molecule has 2 saturated heterocycles. The van der Waals surface area contributed by atoms with E-state index >= 15 is 0 Å². The van der Waals surface area contributed by atoms with E-state index in [0.29, 0.717) is 38.2 Å². The van der Waals surface area contributed by atoms with Crippen LogP contribution in [-0.2, 0) is 12.7 Å². The van der Waals surface area contributed by atoms with Crippen LogP contribution in [0.5, 0.6) is 0 Å². The van der Waals surface area contributed by atoms with Crippen LogP contribution in [-0.4, -0.2) is 79.7 Å². The molecule has 1 aliphatic carbocycles. The fraction of sp³-hybridized carbons (Fsp3) is 0.619. The molecule has 0 spiro atoms. The number of tetrazole rings is 1. The third kappa shape index (κ3) is 4.80. The molecule has 0 bridgehead atoms. The lowest BCUT2D eigenvalue weighted by atomic mass is 10.0. The second-order valence-corrected chi connectivity index (χ2v) is 9.20. The van der Waals surface area contributed by atoms with Gasteiger partial charge >= 0.3 is 12.2 Å². The van der Waals surface area contributed by atoms with Crippen LogP contribution in [0.1, 0.15) is 36.4 Å². The molecule has 2 amide bonds. The zero-order valence-electron chi connectivity index (χ0n) is 18.0. The van der Waals surface area contributed by atoms with E-state index < -0.39 is 17.6 Å². The zero-order chi connectivity index (χ0) is 23.2. The average molecular weight is 467 g/mol. The summed E-state index contributed by atoms with van der Waals surface area (Å²) in [6.07, 6.45) is -0.0221. The minimum absolute atomic E-state index is 0.0334. The summed E-state index contributed by atoms with van der Waals surface area (Å²) in [5.41, 5.74) is -0.735. The van der Waals surface area contributed by atoms with Crippen molar-refractivity contribution in [3.8, 4) is 0 Å². The quantitative estimate of drug-likeness (QED) is 0.612. The largest absolute Gasteiger partial charge is 0.416 e. The maximum absolute atomic E-state index is 14.4. The van der Waals surface area contributed by atoms with Gasteiger partial charge < -0.3 is 9.80 Å². The molecule has 33 heavy (non-hydrogen) atoms. The maximum Gasteiger partial charge on any atom is 0.416 e. The Kier molecular flexibility index (Phi) is 5.71. The summed E-state index contributed by atoms with van der Waals surface area (Å²) in [4.78, 5) is 18.6. The number of alkyl halides is 3. The zero-order valence-corrected chi connectivity index (χ0v) is 18.0. The Balaban J connectivity index is 1.19. The number of halogens is 4. The Labute approximate surface area is 188 Å². The molecule has 178 valence electrons. The van der Waals surface area contributed by atoms with Gasteiger partial charge in [0.05, 0.1) is 11.6 Å². The summed E-state index contributed by atoms with van der Waals surface area (Å²) in [7, 11) is 0. The number of rotatable bonds is 6. The van der Waals surface area contributed by atoms with Crippen molar-refractivity contribution in [2.45, 2.75) is 44.1 Å². The molecule has 2 aliphatic heterocycles. The van der Waals surface area contributed by atoms with Crippen molar-refractivity contribution in [1.29, 1.82) is 0 Å². The van der Waals surface area contributed by atoms with Crippen molar-refractivity contribution in [3.63, 3.8) is 0 Å². The predicted octanol–water partition coefficient (Wildman–Crippen LogP) is 2.79. The Bertz CT molecular complexity index is 989. The van der Waals surface area contributed by atoms with Crippen molar-refractivity contribution < 1.29 is 22.4 Å². The molecule has 2 aromatic rings. The number of carbonyl (C=O) groups excluding carboxylic acids is 1. The number of amides is 2. The molecule has 3 heterocycles. The molecule has 3 fully saturated rings. The summed E-state index contributed by atoms with van der Waals surface area (Å²) >= 11 is 0. The van der Waals surface area contributed by atoms with E-state index in [-0.39, 0.29) is 30.2 Å². The van der Waals surface area contributed by atoms with Gasteiger partial charge in [0.2, 0.25) is 0 Å². The highest BCUT2D eigenvalue weighted by molar-refractivity contribution is 5.75. The van der Waals surface area contributed by atoms with Crippen LogP contribution in [0.4, 0.5) is 22.4 Å². The molecule has 5 rings (SSSR count). The highest BCUT2D eigenvalue weighted by atomic mass is 19.4. The highest BCUT2D eigenvalue weighted by Gasteiger charge is 2.41. The number of hydrogen-bond donors (Lipinski definition) is 0. The van der Waals surface area contributed by atoms with Gasteiger partial charge in [-0.1, -0.05) is 6.07 Å². The van der Waals surface area contributed by atoms with Gasteiger partial charge in [0, 0.05) is 50.9 Å². The Morgan fingerprint density at radius 2 is 1.91 bits per heavy atom. The normalized spacial score (nSPS) is 21.7. The monoisotopic (exact) mass is 467 g/mol. The topological polar surface area (TPSA) is 70.4 Å². The molecule has 12 heteroatoms. The third-order valence-electron chi connectivity index (χ3n) is 6.77. The van der Waals surface area contributed by atoms with Gasteiger partial charge in [0.25, 0.3) is 0 Å². The summed E-state index contributed by atoms with van der Waals surface area (Å²) in [6.45, 7) is 3.23. The fourth-order valence-corrected chi connectivity index (χ4v) is 4.56. The number of likely N-dealkylation sites (tertiary alicyclic amines) is 2. The summed E-state index contributed by atoms with van der Waals surface area (Å²) in [6, 6.07) is 2.82. The van der Waals surface area contributed by atoms with Crippen molar-refractivity contribution in [3.05, 3.63) is 41.5 Å². The van der Waals surface area contributed by atoms with Gasteiger partial charge in [-0.3, -0.25) is 4.90 Å². The lowest BCUT2D eigenvalue weighted by Crippen LogP contribution is -2.63. The second-order valence-electron chi connectivity index (χ2n) is 9.20. The smallest absolute Gasteiger partial charge is 0.322 e. The first-order chi connectivity index (χ1) is 15.8. The van der Waals surface area contributed by atoms with Gasteiger partial charge in [0.15, 0.2) is 0 Å². The standard InChI is InChI=1S/C21H25F4N7O/c22-19-7-16(21(23,24)25)4-3-15(19)9-30(8-14-1-2-14)18-11-31(12-18)20(33)29-6-5-17(10-29)32-13-26-27-28-32/h3-4,7,13-14,17-18H,1-2,5-6,8-12H2/t17-/m0/s1. The molecule has 1 saturated carbocycles. The van der Waals surface area contributed by atoms with Gasteiger partial charge in [-0.25, -0.2) is 13.9 Å². The lowest BCUT2D eigenvalue weighted by Gasteiger charge is -2.46. The Hall–Kier alpha value is -2.76. The highest BCUT2D eigenvalue weighted by Crippen LogP contribution is 2.34. The van der Waals surface area contributed by atoms with Gasteiger partial charge in [0.1, 0.15) is 12.1 Å². The Morgan fingerprint density at radius 1 is 1.12 bits per heavy atom. The van der Waals surface area contributed by atoms with E-state index in [4.69, 9.17) is 0 Å². The number of urea groups is 1. The van der Waals surface area contributed by atoms with E-state index in [9.17, 15) is 22.4 Å². The van der Waals surface area contributed by atoms with E-state index in [1.807, 2.05) is 0 Å². The lowest BCUT2D eigenvalue weighted by molar-refractivity contribution is -0.137. The minimum Gasteiger partial charge on any atom is -0.322 e. The first-order valence-corrected chi connectivity index (χ1v) is 11.1. The number of nitrogens with zero attached hydrogens (tertiary/aromatic N) is 7. The van der Waals surface area contributed by atoms with E-state index in [1.54, 1.807) is 20.8 Å². The fourth-order valence-electron chi connectivity index (χ4n) is 4.56. The molecule has 1 aromatic heterocycles. The minimum atomic E-state index is -4.57. The molecule has 3 aliphatic rings. The van der Waals surface area contributed by atoms with Crippen LogP contribution >= 0.6 is 0 Å². The Morgan fingerprint density at radius 3 is 2.55 bits per heavy atom. The molecule has 1 atom stereocenters. The molecule has 1 aromatic carbocycles. The SMILES string of the molecule is O=C(N1CC(N(Cc2ccc(C(F)(F)F)cc2F)CC2CC2)C1)N1CC[C@H](n2cnnn2)C1. The average Bonchev–Trinajstić information content (AvgIpc) is 3.18. The number of hydrogen-bond acceptors (Lipinski definition) is 5. The van der Waals surface area contributed by atoms with Gasteiger partial charge in [-0.15, -0.1) is 5.10 Å². The van der Waals surface area contributed by atoms with E-state index in [0.717, 1.165) is 31.9 Å². The van der Waals surface area contributed by atoms with Crippen LogP contribution < -0.4 is 0 Å².